The lowest BCUT2D eigenvalue weighted by Crippen LogP contribution is -2.42. The van der Waals surface area contributed by atoms with Gasteiger partial charge in [-0.05, 0) is 48.4 Å². The normalized spacial score (nSPS) is 18.6. The molecule has 116 valence electrons. The van der Waals surface area contributed by atoms with Gasteiger partial charge in [0, 0.05) is 19.7 Å². The molecule has 2 N–H and O–H groups in total. The lowest BCUT2D eigenvalue weighted by molar-refractivity contribution is 0.0619. The van der Waals surface area contributed by atoms with Crippen LogP contribution < -0.4 is 5.56 Å². The van der Waals surface area contributed by atoms with E-state index in [1.807, 2.05) is 0 Å². The fraction of sp³-hybridized carbons (Fsp3) is 0.375. The first-order valence-electron chi connectivity index (χ1n) is 7.31. The monoisotopic (exact) mass is 304 g/mol. The summed E-state index contributed by atoms with van der Waals surface area (Å²) in [5, 5.41) is 9.85. The molecule has 0 spiro atoms. The Labute approximate surface area is 126 Å². The van der Waals surface area contributed by atoms with Crippen LogP contribution in [-0.2, 0) is 0 Å². The highest BCUT2D eigenvalue weighted by atomic mass is 19.1. The number of aliphatic hydroxyl groups excluding tert-OH is 1. The molecule has 2 aromatic rings. The summed E-state index contributed by atoms with van der Waals surface area (Å²) in [6.07, 6.45) is 1.70. The van der Waals surface area contributed by atoms with Crippen molar-refractivity contribution in [3.8, 4) is 0 Å². The average Bonchev–Trinajstić information content (AvgIpc) is 2.53. The first-order valence-corrected chi connectivity index (χ1v) is 7.31. The smallest absolute Gasteiger partial charge is 0.261 e. The molecule has 1 amide bonds. The molecule has 1 aromatic carbocycles. The molecule has 3 rings (SSSR count). The van der Waals surface area contributed by atoms with Gasteiger partial charge in [0.25, 0.3) is 11.5 Å². The molecule has 1 unspecified atom stereocenters. The van der Waals surface area contributed by atoms with Gasteiger partial charge >= 0.3 is 0 Å². The SMILES string of the molecule is O=C(c1cc2ccc(F)cc2[nH]c1=O)N1CCCC(CO)C1. The number of aliphatic hydroxyl groups is 1. The topological polar surface area (TPSA) is 73.4 Å². The number of carbonyl (C=O) groups excluding carboxylic acids is 1. The van der Waals surface area contributed by atoms with Crippen LogP contribution in [0.1, 0.15) is 23.2 Å². The van der Waals surface area contributed by atoms with Gasteiger partial charge in [-0.3, -0.25) is 9.59 Å². The Morgan fingerprint density at radius 2 is 2.23 bits per heavy atom. The molecule has 1 atom stereocenters. The number of hydrogen-bond acceptors (Lipinski definition) is 3. The van der Waals surface area contributed by atoms with E-state index < -0.39 is 11.4 Å². The van der Waals surface area contributed by atoms with E-state index in [9.17, 15) is 19.1 Å². The zero-order chi connectivity index (χ0) is 15.7. The van der Waals surface area contributed by atoms with Crippen LogP contribution in [0.3, 0.4) is 0 Å². The summed E-state index contributed by atoms with van der Waals surface area (Å²) in [6.45, 7) is 1.07. The lowest BCUT2D eigenvalue weighted by atomic mass is 9.98. The highest BCUT2D eigenvalue weighted by Gasteiger charge is 2.25. The predicted octanol–water partition coefficient (Wildman–Crippen LogP) is 1.51. The Morgan fingerprint density at radius 1 is 1.41 bits per heavy atom. The Morgan fingerprint density at radius 3 is 3.00 bits per heavy atom. The molecular formula is C16H17FN2O3. The number of amides is 1. The van der Waals surface area contributed by atoms with Crippen molar-refractivity contribution < 1.29 is 14.3 Å². The van der Waals surface area contributed by atoms with Crippen molar-refractivity contribution in [1.29, 1.82) is 0 Å². The number of aromatic amines is 1. The number of nitrogens with zero attached hydrogens (tertiary/aromatic N) is 1. The number of rotatable bonds is 2. The van der Waals surface area contributed by atoms with Crippen molar-refractivity contribution in [3.63, 3.8) is 0 Å². The van der Waals surface area contributed by atoms with Crippen LogP contribution in [0.5, 0.6) is 0 Å². The van der Waals surface area contributed by atoms with E-state index in [4.69, 9.17) is 0 Å². The summed E-state index contributed by atoms with van der Waals surface area (Å²) in [6, 6.07) is 5.55. The van der Waals surface area contributed by atoms with Gasteiger partial charge in [-0.2, -0.15) is 0 Å². The quantitative estimate of drug-likeness (QED) is 0.883. The van der Waals surface area contributed by atoms with Gasteiger partial charge in [0.1, 0.15) is 11.4 Å². The summed E-state index contributed by atoms with van der Waals surface area (Å²) in [4.78, 5) is 28.8. The van der Waals surface area contributed by atoms with Crippen molar-refractivity contribution >= 4 is 16.8 Å². The number of fused-ring (bicyclic) bond motifs is 1. The van der Waals surface area contributed by atoms with E-state index in [2.05, 4.69) is 4.98 Å². The Balaban J connectivity index is 1.95. The maximum atomic E-state index is 13.2. The predicted molar refractivity (Wildman–Crippen MR) is 80.2 cm³/mol. The highest BCUT2D eigenvalue weighted by molar-refractivity contribution is 5.97. The number of benzene rings is 1. The summed E-state index contributed by atoms with van der Waals surface area (Å²) >= 11 is 0. The van der Waals surface area contributed by atoms with E-state index >= 15 is 0 Å². The van der Waals surface area contributed by atoms with Gasteiger partial charge in [0.05, 0.1) is 5.52 Å². The van der Waals surface area contributed by atoms with Crippen LogP contribution in [0.15, 0.2) is 29.1 Å². The van der Waals surface area contributed by atoms with Crippen LogP contribution in [0.25, 0.3) is 10.9 Å². The Hall–Kier alpha value is -2.21. The van der Waals surface area contributed by atoms with Crippen molar-refractivity contribution in [1.82, 2.24) is 9.88 Å². The first-order chi connectivity index (χ1) is 10.6. The zero-order valence-corrected chi connectivity index (χ0v) is 12.0. The maximum absolute atomic E-state index is 13.2. The fourth-order valence-corrected chi connectivity index (χ4v) is 2.90. The number of aromatic nitrogens is 1. The van der Waals surface area contributed by atoms with Gasteiger partial charge in [-0.15, -0.1) is 0 Å². The Kier molecular flexibility index (Phi) is 3.94. The number of piperidine rings is 1. The third kappa shape index (κ3) is 2.74. The number of H-pyrrole nitrogens is 1. The lowest BCUT2D eigenvalue weighted by Gasteiger charge is -2.31. The molecular weight excluding hydrogens is 287 g/mol. The molecule has 1 fully saturated rings. The summed E-state index contributed by atoms with van der Waals surface area (Å²) in [7, 11) is 0. The minimum atomic E-state index is -0.519. The molecule has 1 aliphatic rings. The minimum absolute atomic E-state index is 0.0388. The summed E-state index contributed by atoms with van der Waals surface area (Å²) in [5.41, 5.74) is -0.0969. The Bertz CT molecular complexity index is 772. The molecule has 1 aromatic heterocycles. The summed E-state index contributed by atoms with van der Waals surface area (Å²) in [5.74, 6) is -0.721. The molecule has 2 heterocycles. The van der Waals surface area contributed by atoms with Crippen molar-refractivity contribution in [2.45, 2.75) is 12.8 Å². The zero-order valence-electron chi connectivity index (χ0n) is 12.0. The number of carbonyl (C=O) groups is 1. The highest BCUT2D eigenvalue weighted by Crippen LogP contribution is 2.19. The molecule has 0 aliphatic carbocycles. The number of pyridine rings is 1. The fourth-order valence-electron chi connectivity index (χ4n) is 2.90. The van der Waals surface area contributed by atoms with Crippen LogP contribution in [0.2, 0.25) is 0 Å². The van der Waals surface area contributed by atoms with E-state index in [0.717, 1.165) is 12.8 Å². The van der Waals surface area contributed by atoms with Gasteiger partial charge < -0.3 is 15.0 Å². The molecule has 22 heavy (non-hydrogen) atoms. The number of hydrogen-bond donors (Lipinski definition) is 2. The molecule has 5 nitrogen and oxygen atoms in total. The summed E-state index contributed by atoms with van der Waals surface area (Å²) < 4.78 is 13.2. The number of halogens is 1. The second kappa shape index (κ2) is 5.88. The molecule has 1 aliphatic heterocycles. The van der Waals surface area contributed by atoms with Crippen LogP contribution >= 0.6 is 0 Å². The van der Waals surface area contributed by atoms with E-state index in [0.29, 0.717) is 24.0 Å². The molecule has 0 radical (unpaired) electrons. The molecule has 0 saturated carbocycles. The van der Waals surface area contributed by atoms with Crippen molar-refractivity contribution in [2.75, 3.05) is 19.7 Å². The third-order valence-corrected chi connectivity index (χ3v) is 4.10. The second-order valence-electron chi connectivity index (χ2n) is 5.69. The molecule has 6 heteroatoms. The maximum Gasteiger partial charge on any atom is 0.261 e. The van der Waals surface area contributed by atoms with E-state index in [1.165, 1.54) is 24.3 Å². The number of nitrogens with one attached hydrogen (secondary N) is 1. The molecule has 0 bridgehead atoms. The van der Waals surface area contributed by atoms with Crippen molar-refractivity contribution in [2.24, 2.45) is 5.92 Å². The largest absolute Gasteiger partial charge is 0.396 e. The number of likely N-dealkylation sites (tertiary alicyclic amines) is 1. The second-order valence-corrected chi connectivity index (χ2v) is 5.69. The van der Waals surface area contributed by atoms with Crippen LogP contribution in [0, 0.1) is 11.7 Å². The standard InChI is InChI=1S/C16H17FN2O3/c17-12-4-3-11-6-13(15(21)18-14(11)7-12)16(22)19-5-1-2-10(8-19)9-20/h3-4,6-7,10,20H,1-2,5,8-9H2,(H,18,21). The van der Waals surface area contributed by atoms with Crippen molar-refractivity contribution in [3.05, 3.63) is 46.0 Å². The van der Waals surface area contributed by atoms with Gasteiger partial charge in [0.2, 0.25) is 0 Å². The molecule has 1 saturated heterocycles. The van der Waals surface area contributed by atoms with Crippen LogP contribution in [0.4, 0.5) is 4.39 Å². The first kappa shape index (κ1) is 14.7. The van der Waals surface area contributed by atoms with Gasteiger partial charge in [0.15, 0.2) is 0 Å². The minimum Gasteiger partial charge on any atom is -0.396 e. The van der Waals surface area contributed by atoms with Gasteiger partial charge in [-0.25, -0.2) is 4.39 Å². The van der Waals surface area contributed by atoms with E-state index in [-0.39, 0.29) is 24.0 Å². The van der Waals surface area contributed by atoms with Crippen LogP contribution in [-0.4, -0.2) is 40.6 Å². The van der Waals surface area contributed by atoms with E-state index in [1.54, 1.807) is 4.90 Å². The third-order valence-electron chi connectivity index (χ3n) is 4.10. The van der Waals surface area contributed by atoms with Gasteiger partial charge in [-0.1, -0.05) is 0 Å². The average molecular weight is 304 g/mol.